The Kier molecular flexibility index (Phi) is 40.1. The fourth-order valence-electron chi connectivity index (χ4n) is 17.3. The Morgan fingerprint density at radius 3 is 1.17 bits per heavy atom. The Labute approximate surface area is 905 Å². The van der Waals surface area contributed by atoms with Gasteiger partial charge in [-0.2, -0.15) is 10.2 Å². The van der Waals surface area contributed by atoms with Crippen LogP contribution in [0.4, 0.5) is 45.5 Å². The smallest absolute Gasteiger partial charge is 0.210 e. The van der Waals surface area contributed by atoms with Crippen molar-refractivity contribution in [3.63, 3.8) is 0 Å². The monoisotopic (exact) mass is 2760 g/mol. The molecule has 0 unspecified atom stereocenters. The summed E-state index contributed by atoms with van der Waals surface area (Å²) >= 11 is 0. The third-order valence-corrected chi connectivity index (χ3v) is 23.3. The van der Waals surface area contributed by atoms with E-state index in [0.717, 1.165) is 176 Å². The molecule has 18 aromatic rings. The molecule has 717 valence electrons. The van der Waals surface area contributed by atoms with Crippen LogP contribution in [0.15, 0.2) is 268 Å². The second-order valence-electron chi connectivity index (χ2n) is 34.1. The van der Waals surface area contributed by atoms with Gasteiger partial charge in [0, 0.05) is 172 Å². The minimum atomic E-state index is 0. The normalized spacial score (nSPS) is 10.2. The second kappa shape index (κ2) is 51.4. The zero-order chi connectivity index (χ0) is 98.0. The number of nitrogens with zero attached hydrogens (tertiary/aromatic N) is 20. The van der Waals surface area contributed by atoms with Gasteiger partial charge in [-0.05, 0) is 192 Å². The van der Waals surface area contributed by atoms with Gasteiger partial charge in [0.25, 0.3) is 0 Å². The van der Waals surface area contributed by atoms with Crippen molar-refractivity contribution in [3.05, 3.63) is 462 Å². The molecule has 0 aliphatic heterocycles. The van der Waals surface area contributed by atoms with Gasteiger partial charge in [0.1, 0.15) is 5.82 Å². The van der Waals surface area contributed by atoms with E-state index in [4.69, 9.17) is 52.6 Å². The van der Waals surface area contributed by atoms with E-state index in [9.17, 15) is 0 Å². The van der Waals surface area contributed by atoms with Crippen LogP contribution in [0.3, 0.4) is 0 Å². The fourth-order valence-corrected chi connectivity index (χ4v) is 17.3. The maximum Gasteiger partial charge on any atom is 0.210 e. The largest absolute Gasteiger partial charge is 0.349 e. The summed E-state index contributed by atoms with van der Waals surface area (Å²) in [6, 6.07) is 90.3. The molecule has 0 N–H and O–H groups in total. The van der Waals surface area contributed by atoms with E-state index in [1.807, 2.05) is 307 Å². The molecule has 5 radical (unpaired) electrons. The minimum Gasteiger partial charge on any atom is -0.349 e. The molecule has 0 bridgehead atoms. The molecule has 25 heteroatoms. The Hall–Kier alpha value is -15.1. The van der Waals surface area contributed by atoms with Gasteiger partial charge < -0.3 is 22.8 Å². The van der Waals surface area contributed by atoms with Gasteiger partial charge in [-0.15, -0.1) is 189 Å². The summed E-state index contributed by atoms with van der Waals surface area (Å²) in [6.07, 6.45) is 13.0. The van der Waals surface area contributed by atoms with Gasteiger partial charge in [0.05, 0.1) is 81.7 Å². The molecule has 0 atom stereocenters. The van der Waals surface area contributed by atoms with E-state index in [1.165, 1.54) is 16.8 Å². The minimum absolute atomic E-state index is 0. The number of aryl methyl sites for hydroxylation is 9. The average Bonchev–Trinajstić information content (AvgIpc) is 1.62. The molecule has 18 rings (SSSR count). The molecular weight excluding hydrogens is 2660 g/mol. The summed E-state index contributed by atoms with van der Waals surface area (Å²) in [6.45, 7) is 90.6. The topological polar surface area (TPSA) is 150 Å². The predicted octanol–water partition coefficient (Wildman–Crippen LogP) is 30.7. The van der Waals surface area contributed by atoms with E-state index in [2.05, 4.69) is 155 Å². The molecule has 0 amide bonds. The van der Waals surface area contributed by atoms with E-state index < -0.39 is 0 Å². The van der Waals surface area contributed by atoms with E-state index in [0.29, 0.717) is 69.0 Å². The van der Waals surface area contributed by atoms with Gasteiger partial charge >= 0.3 is 0 Å². The van der Waals surface area contributed by atoms with Crippen LogP contribution in [-0.2, 0) is 113 Å². The van der Waals surface area contributed by atoms with Crippen molar-refractivity contribution in [3.8, 4) is 119 Å². The molecule has 0 aliphatic carbocycles. The summed E-state index contributed by atoms with van der Waals surface area (Å²) in [4.78, 5) is 42.8. The zero-order valence-corrected chi connectivity index (χ0v) is 93.1. The van der Waals surface area contributed by atoms with Crippen LogP contribution in [0.2, 0.25) is 0 Å². The van der Waals surface area contributed by atoms with Crippen molar-refractivity contribution in [2.75, 3.05) is 0 Å². The van der Waals surface area contributed by atoms with E-state index in [1.54, 1.807) is 36.7 Å². The van der Waals surface area contributed by atoms with Crippen LogP contribution in [-0.4, -0.2) is 58.2 Å². The first-order chi connectivity index (χ1) is 66.8. The van der Waals surface area contributed by atoms with Crippen LogP contribution < -0.4 is 0 Å². The van der Waals surface area contributed by atoms with Crippen LogP contribution >= 0.6 is 0 Å². The Morgan fingerprint density at radius 2 is 0.713 bits per heavy atom. The number of aromatic nitrogens is 12. The summed E-state index contributed by atoms with van der Waals surface area (Å²) in [5.41, 5.74) is 30.6. The molecule has 0 fully saturated rings. The first-order valence-electron chi connectivity index (χ1n) is 44.7. The molecule has 5 aromatic heterocycles. The fraction of sp³-hybridized carbons (Fsp3) is 0.161. The van der Waals surface area contributed by atoms with Crippen LogP contribution in [0.1, 0.15) is 100 Å². The van der Waals surface area contributed by atoms with Crippen molar-refractivity contribution >= 4 is 45.5 Å². The summed E-state index contributed by atoms with van der Waals surface area (Å²) in [7, 11) is 0. The molecule has 0 saturated heterocycles. The summed E-state index contributed by atoms with van der Waals surface area (Å²) in [5, 5.41) is 17.7. The third-order valence-electron chi connectivity index (χ3n) is 23.3. The van der Waals surface area contributed by atoms with Crippen molar-refractivity contribution in [1.29, 1.82) is 0 Å². The average molecular weight is 2750 g/mol. The number of para-hydroxylation sites is 1. The van der Waals surface area contributed by atoms with Crippen LogP contribution in [0.25, 0.3) is 158 Å². The molecule has 0 aliphatic rings. The molecular formula is C118H95Ir5N20-5. The first-order valence-corrected chi connectivity index (χ1v) is 44.7. The van der Waals surface area contributed by atoms with E-state index in [-0.39, 0.29) is 101 Å². The summed E-state index contributed by atoms with van der Waals surface area (Å²) < 4.78 is 10.0. The molecule has 13 aromatic carbocycles. The first kappa shape index (κ1) is 112. The number of hydrogen-bond acceptors (Lipinski definition) is 7. The third kappa shape index (κ3) is 25.3. The van der Waals surface area contributed by atoms with Crippen LogP contribution in [0.5, 0.6) is 0 Å². The quantitative estimate of drug-likeness (QED) is 0.0824. The number of hydrogen-bond donors (Lipinski definition) is 0. The van der Waals surface area contributed by atoms with E-state index >= 15 is 0 Å². The molecule has 143 heavy (non-hydrogen) atoms. The Morgan fingerprint density at radius 1 is 0.301 bits per heavy atom. The summed E-state index contributed by atoms with van der Waals surface area (Å²) in [5.74, 6) is 6.14. The predicted molar refractivity (Wildman–Crippen MR) is 550 cm³/mol. The van der Waals surface area contributed by atoms with Gasteiger partial charge in [0.15, 0.2) is 39.9 Å². The maximum atomic E-state index is 7.81. The standard InChI is InChI=1S/C26H17N6.C26H19N4.C24H19N4.C24H26N3.C18H14N3.5Ir/c1-16-12-13-20(27-4)14-21(16)26-31-30-25(19-10-8-7-9-11-19)32(26)24-17(2)22(28-5)15-23(29-6)18(24)3;1-17-13-21(14-18(2)24(17)28-5)22-15-19(3)25(23(16-22)27-4)30-12-11-29-26(30)20-9-7-6-8-10-20;1-16-13-21(25-4)14-17(2)23(16)19-9-8-10-20(15-19)24-27-26-18(3)28(24)22-11-6-5-7-12-22;1-17(2)13-20-15-22(25-5)16-21(14-18(3)4)23(20)27-12-11-26-24(27)19-9-7-6-8-10-19;1-13-11-14(2)17(16(12-13)19-3)21-10-9-20-18(21)15-7-5-4-6-8-15;;;;;/h7-10,12-15H,1-3H3;6-9,11-16H,1-3H3;5-9,11-15H,1-3H3;6-9,11-12,15-18H,13-14H2,1-4H3;4-7,9-12H,1-2H3;;;;;/q5*-1;;;;;. The van der Waals surface area contributed by atoms with Crippen molar-refractivity contribution in [2.45, 2.75) is 117 Å². The second-order valence-corrected chi connectivity index (χ2v) is 34.1. The van der Waals surface area contributed by atoms with Gasteiger partial charge in [-0.3, -0.25) is 15.0 Å². The van der Waals surface area contributed by atoms with Crippen molar-refractivity contribution in [2.24, 2.45) is 11.8 Å². The van der Waals surface area contributed by atoms with Crippen molar-refractivity contribution < 1.29 is 101 Å². The SMILES string of the molecule is [C-]#[N+]c1cc(-c2cc(C)c([N+]#[C-])c(C)c2)cc(C)c1-n1ccnc1-c1[c-]cccc1.[C-]#[N+]c1cc(C)c(-c2cc[c-]c(-c3nnc(C)n3-c3ccccc3)c2)c(C)c1.[C-]#[N+]c1cc(C)cc(C)c1-n1ccnc1-c1[c-]cccc1.[C-]#[N+]c1cc(CC(C)C)c(-n2ccnc2-c2[c-]cccc2)c(CC(C)C)c1.[C-]#[N+]c1ccc(C)c(-c2nnc(-c3[c-]cccc3)n2-c2c(C)c([N+]#[C-])cc([N+]#[C-])c2C)c1.[Ir].[Ir].[Ir].[Ir].[Ir]. The molecule has 5 heterocycles. The van der Waals surface area contributed by atoms with Crippen molar-refractivity contribution in [1.82, 2.24) is 58.2 Å². The van der Waals surface area contributed by atoms with Gasteiger partial charge in [0.2, 0.25) is 11.4 Å². The Bertz CT molecular complexity index is 7840. The number of rotatable bonds is 17. The van der Waals surface area contributed by atoms with Gasteiger partial charge in [-0.25, -0.2) is 38.8 Å². The number of imidazole rings is 3. The molecule has 0 spiro atoms. The number of benzene rings is 13. The molecule has 0 saturated carbocycles. The molecule has 20 nitrogen and oxygen atoms in total. The maximum absolute atomic E-state index is 7.81. The zero-order valence-electron chi connectivity index (χ0n) is 81.1. The van der Waals surface area contributed by atoms with Gasteiger partial charge in [-0.1, -0.05) is 135 Å². The van der Waals surface area contributed by atoms with Crippen LogP contribution in [0, 0.1) is 171 Å². The Balaban J connectivity index is 0.000000199.